The van der Waals surface area contributed by atoms with E-state index in [-0.39, 0.29) is 11.9 Å². The second-order valence-electron chi connectivity index (χ2n) is 6.50. The summed E-state index contributed by atoms with van der Waals surface area (Å²) in [5.74, 6) is 1.05. The highest BCUT2D eigenvalue weighted by molar-refractivity contribution is 5.93. The Hall–Kier alpha value is -3.41. The lowest BCUT2D eigenvalue weighted by Gasteiger charge is -2.11. The van der Waals surface area contributed by atoms with Gasteiger partial charge in [0.15, 0.2) is 0 Å². The van der Waals surface area contributed by atoms with E-state index in [9.17, 15) is 4.79 Å². The number of benzene rings is 2. The summed E-state index contributed by atoms with van der Waals surface area (Å²) >= 11 is 0. The molecule has 1 amide bonds. The zero-order valence-electron chi connectivity index (χ0n) is 16.1. The van der Waals surface area contributed by atoms with Crippen molar-refractivity contribution in [2.24, 2.45) is 0 Å². The fraction of sp³-hybridized carbons (Fsp3) is 0.227. The van der Waals surface area contributed by atoms with E-state index in [1.54, 1.807) is 0 Å². The van der Waals surface area contributed by atoms with Crippen LogP contribution in [0.4, 0.5) is 11.6 Å². The van der Waals surface area contributed by atoms with Crippen molar-refractivity contribution in [1.82, 2.24) is 15.3 Å². The molecule has 28 heavy (non-hydrogen) atoms. The maximum Gasteiger partial charge on any atom is 0.254 e. The Morgan fingerprint density at radius 3 is 2.36 bits per heavy atom. The van der Waals surface area contributed by atoms with Gasteiger partial charge in [0.05, 0.1) is 5.56 Å². The zero-order chi connectivity index (χ0) is 19.8. The monoisotopic (exact) mass is 376 g/mol. The van der Waals surface area contributed by atoms with Crippen LogP contribution in [0.5, 0.6) is 5.75 Å². The zero-order valence-corrected chi connectivity index (χ0v) is 16.1. The van der Waals surface area contributed by atoms with E-state index in [1.807, 2.05) is 68.4 Å². The molecule has 2 aromatic carbocycles. The smallest absolute Gasteiger partial charge is 0.254 e. The minimum atomic E-state index is -0.166. The standard InChI is InChI=1S/C22H24N4O2/c1-3-16(2)25-21(27)18-13-23-22(24-14-18)26-19-9-11-20(12-10-19)28-15-17-7-5-4-6-8-17/h4-14,16H,3,15H2,1-2H3,(H,25,27)(H,23,24,26). The van der Waals surface area contributed by atoms with Crippen LogP contribution in [0.1, 0.15) is 36.2 Å². The molecule has 0 fully saturated rings. The average Bonchev–Trinajstić information content (AvgIpc) is 2.74. The van der Waals surface area contributed by atoms with Crippen LogP contribution >= 0.6 is 0 Å². The van der Waals surface area contributed by atoms with Gasteiger partial charge in [-0.25, -0.2) is 9.97 Å². The lowest BCUT2D eigenvalue weighted by molar-refractivity contribution is 0.0938. The van der Waals surface area contributed by atoms with Crippen LogP contribution in [0.15, 0.2) is 67.0 Å². The molecule has 6 nitrogen and oxygen atoms in total. The van der Waals surface area contributed by atoms with Crippen LogP contribution in [0.25, 0.3) is 0 Å². The van der Waals surface area contributed by atoms with E-state index in [0.717, 1.165) is 23.4 Å². The molecule has 0 saturated carbocycles. The molecular weight excluding hydrogens is 352 g/mol. The minimum absolute atomic E-state index is 0.118. The molecule has 2 N–H and O–H groups in total. The van der Waals surface area contributed by atoms with E-state index in [0.29, 0.717) is 18.1 Å². The molecule has 1 heterocycles. The summed E-state index contributed by atoms with van der Waals surface area (Å²) in [6.07, 6.45) is 3.91. The first-order chi connectivity index (χ1) is 13.6. The van der Waals surface area contributed by atoms with Crippen molar-refractivity contribution in [3.63, 3.8) is 0 Å². The Morgan fingerprint density at radius 2 is 1.71 bits per heavy atom. The number of nitrogens with zero attached hydrogens (tertiary/aromatic N) is 2. The summed E-state index contributed by atoms with van der Waals surface area (Å²) in [6, 6.07) is 17.7. The molecule has 0 radical (unpaired) electrons. The summed E-state index contributed by atoms with van der Waals surface area (Å²) in [4.78, 5) is 20.5. The topological polar surface area (TPSA) is 76.1 Å². The molecule has 0 saturated heterocycles. The van der Waals surface area contributed by atoms with E-state index >= 15 is 0 Å². The number of hydrogen-bond donors (Lipinski definition) is 2. The van der Waals surface area contributed by atoms with Gasteiger partial charge >= 0.3 is 0 Å². The summed E-state index contributed by atoms with van der Waals surface area (Å²) < 4.78 is 5.78. The Labute approximate surface area is 165 Å². The maximum atomic E-state index is 12.1. The predicted molar refractivity (Wildman–Crippen MR) is 110 cm³/mol. The van der Waals surface area contributed by atoms with Crippen LogP contribution < -0.4 is 15.4 Å². The summed E-state index contributed by atoms with van der Waals surface area (Å²) in [7, 11) is 0. The van der Waals surface area contributed by atoms with Crippen molar-refractivity contribution in [1.29, 1.82) is 0 Å². The molecule has 144 valence electrons. The molecule has 3 aromatic rings. The first-order valence-corrected chi connectivity index (χ1v) is 9.30. The molecule has 0 aliphatic rings. The fourth-order valence-corrected chi connectivity index (χ4v) is 2.42. The normalized spacial score (nSPS) is 11.5. The molecule has 0 aliphatic heterocycles. The Morgan fingerprint density at radius 1 is 1.04 bits per heavy atom. The van der Waals surface area contributed by atoms with Crippen LogP contribution in [-0.4, -0.2) is 21.9 Å². The lowest BCUT2D eigenvalue weighted by atomic mass is 10.2. The molecule has 0 bridgehead atoms. The Kier molecular flexibility index (Phi) is 6.57. The largest absolute Gasteiger partial charge is 0.489 e. The third kappa shape index (κ3) is 5.54. The number of anilines is 2. The van der Waals surface area contributed by atoms with Gasteiger partial charge in [-0.1, -0.05) is 37.3 Å². The fourth-order valence-electron chi connectivity index (χ4n) is 2.42. The molecule has 1 atom stereocenters. The number of amides is 1. The van der Waals surface area contributed by atoms with Gasteiger partial charge in [0.25, 0.3) is 5.91 Å². The lowest BCUT2D eigenvalue weighted by Crippen LogP contribution is -2.32. The third-order valence-corrected chi connectivity index (χ3v) is 4.26. The van der Waals surface area contributed by atoms with Gasteiger partial charge in [0, 0.05) is 24.1 Å². The number of ether oxygens (including phenoxy) is 1. The van der Waals surface area contributed by atoms with Gasteiger partial charge in [-0.2, -0.15) is 0 Å². The van der Waals surface area contributed by atoms with Crippen molar-refractivity contribution >= 4 is 17.5 Å². The first kappa shape index (κ1) is 19.4. The van der Waals surface area contributed by atoms with Crippen LogP contribution in [0.2, 0.25) is 0 Å². The van der Waals surface area contributed by atoms with Gasteiger partial charge in [-0.05, 0) is 43.2 Å². The van der Waals surface area contributed by atoms with Crippen LogP contribution in [0, 0.1) is 0 Å². The molecule has 1 aromatic heterocycles. The molecule has 0 spiro atoms. The highest BCUT2D eigenvalue weighted by atomic mass is 16.5. The molecule has 6 heteroatoms. The predicted octanol–water partition coefficient (Wildman–Crippen LogP) is 4.33. The number of rotatable bonds is 8. The number of carbonyl (C=O) groups excluding carboxylic acids is 1. The van der Waals surface area contributed by atoms with E-state index in [4.69, 9.17) is 4.74 Å². The summed E-state index contributed by atoms with van der Waals surface area (Å²) in [6.45, 7) is 4.51. The van der Waals surface area contributed by atoms with Gasteiger partial charge in [-0.3, -0.25) is 4.79 Å². The van der Waals surface area contributed by atoms with Crippen molar-refractivity contribution < 1.29 is 9.53 Å². The van der Waals surface area contributed by atoms with Gasteiger partial charge in [0.2, 0.25) is 5.95 Å². The van der Waals surface area contributed by atoms with Crippen molar-refractivity contribution in [2.45, 2.75) is 32.9 Å². The SMILES string of the molecule is CCC(C)NC(=O)c1cnc(Nc2ccc(OCc3ccccc3)cc2)nc1. The highest BCUT2D eigenvalue weighted by Gasteiger charge is 2.09. The van der Waals surface area contributed by atoms with Crippen molar-refractivity contribution in [2.75, 3.05) is 5.32 Å². The molecule has 1 unspecified atom stereocenters. The quantitative estimate of drug-likeness (QED) is 0.612. The van der Waals surface area contributed by atoms with E-state index < -0.39 is 0 Å². The first-order valence-electron chi connectivity index (χ1n) is 9.30. The van der Waals surface area contributed by atoms with Crippen molar-refractivity contribution in [3.05, 3.63) is 78.1 Å². The summed E-state index contributed by atoms with van der Waals surface area (Å²) in [5.41, 5.74) is 2.40. The third-order valence-electron chi connectivity index (χ3n) is 4.26. The number of hydrogen-bond acceptors (Lipinski definition) is 5. The second kappa shape index (κ2) is 9.50. The van der Waals surface area contributed by atoms with Gasteiger partial charge < -0.3 is 15.4 Å². The second-order valence-corrected chi connectivity index (χ2v) is 6.50. The molecule has 3 rings (SSSR count). The van der Waals surface area contributed by atoms with Gasteiger partial charge in [0.1, 0.15) is 12.4 Å². The number of aromatic nitrogens is 2. The summed E-state index contributed by atoms with van der Waals surface area (Å²) in [5, 5.41) is 6.01. The Balaban J connectivity index is 1.54. The van der Waals surface area contributed by atoms with Crippen LogP contribution in [0.3, 0.4) is 0 Å². The van der Waals surface area contributed by atoms with E-state index in [2.05, 4.69) is 20.6 Å². The van der Waals surface area contributed by atoms with Crippen LogP contribution in [-0.2, 0) is 6.61 Å². The van der Waals surface area contributed by atoms with Gasteiger partial charge in [-0.15, -0.1) is 0 Å². The highest BCUT2D eigenvalue weighted by Crippen LogP contribution is 2.19. The average molecular weight is 376 g/mol. The number of nitrogens with one attached hydrogen (secondary N) is 2. The van der Waals surface area contributed by atoms with E-state index in [1.165, 1.54) is 12.4 Å². The number of carbonyl (C=O) groups is 1. The molecule has 0 aliphatic carbocycles. The maximum absolute atomic E-state index is 12.1. The Bertz CT molecular complexity index is 881. The minimum Gasteiger partial charge on any atom is -0.489 e. The molecular formula is C22H24N4O2. The van der Waals surface area contributed by atoms with Crippen molar-refractivity contribution in [3.8, 4) is 5.75 Å².